The van der Waals surface area contributed by atoms with E-state index in [0.29, 0.717) is 6.04 Å². The summed E-state index contributed by atoms with van der Waals surface area (Å²) in [6.45, 7) is 6.24. The lowest BCUT2D eigenvalue weighted by molar-refractivity contribution is 0.465. The van der Waals surface area contributed by atoms with Gasteiger partial charge in [0, 0.05) is 11.4 Å². The van der Waals surface area contributed by atoms with Gasteiger partial charge in [0.05, 0.1) is 30.0 Å². The van der Waals surface area contributed by atoms with Crippen molar-refractivity contribution in [3.8, 4) is 10.7 Å². The van der Waals surface area contributed by atoms with Crippen LogP contribution in [0.1, 0.15) is 43.3 Å². The number of imidazole rings is 1. The Hall–Kier alpha value is -1.20. The quantitative estimate of drug-likeness (QED) is 0.933. The molecule has 0 bridgehead atoms. The molecule has 0 saturated carbocycles. The monoisotopic (exact) mass is 276 g/mol. The number of aromatic nitrogens is 3. The van der Waals surface area contributed by atoms with Crippen molar-refractivity contribution in [3.05, 3.63) is 23.1 Å². The summed E-state index contributed by atoms with van der Waals surface area (Å²) < 4.78 is 2.16. The molecule has 2 heterocycles. The Bertz CT molecular complexity index is 558. The largest absolute Gasteiger partial charge is 0.329 e. The number of thiazole rings is 1. The molecule has 5 heteroatoms. The predicted molar refractivity (Wildman–Crippen MR) is 78.4 cm³/mol. The first kappa shape index (κ1) is 12.8. The normalized spacial score (nSPS) is 18.5. The molecule has 0 amide bonds. The van der Waals surface area contributed by atoms with Crippen LogP contribution in [-0.4, -0.2) is 21.1 Å². The number of hydrogen-bond donors (Lipinski definition) is 1. The number of aryl methyl sites for hydroxylation is 2. The van der Waals surface area contributed by atoms with Gasteiger partial charge in [-0.05, 0) is 32.7 Å². The highest BCUT2D eigenvalue weighted by atomic mass is 32.1. The number of nitrogens with zero attached hydrogens (tertiary/aromatic N) is 3. The number of hydrogen-bond acceptors (Lipinski definition) is 4. The summed E-state index contributed by atoms with van der Waals surface area (Å²) in [5.74, 6) is 0. The SMILES string of the molecule is CCNC1CCCc2sc(-c3cncn3CC)nc21. The third-order valence-electron chi connectivity index (χ3n) is 3.68. The summed E-state index contributed by atoms with van der Waals surface area (Å²) in [5, 5.41) is 4.67. The summed E-state index contributed by atoms with van der Waals surface area (Å²) in [6.07, 6.45) is 7.46. The van der Waals surface area contributed by atoms with E-state index in [9.17, 15) is 0 Å². The van der Waals surface area contributed by atoms with Gasteiger partial charge in [-0.25, -0.2) is 9.97 Å². The van der Waals surface area contributed by atoms with E-state index in [1.54, 1.807) is 0 Å². The van der Waals surface area contributed by atoms with Gasteiger partial charge in [0.1, 0.15) is 5.01 Å². The fraction of sp³-hybridized carbons (Fsp3) is 0.571. The predicted octanol–water partition coefficient (Wildman–Crippen LogP) is 3.01. The van der Waals surface area contributed by atoms with Crippen molar-refractivity contribution in [2.75, 3.05) is 6.54 Å². The lowest BCUT2D eigenvalue weighted by Crippen LogP contribution is -2.24. The molecular formula is C14H20N4S. The average molecular weight is 276 g/mol. The summed E-state index contributed by atoms with van der Waals surface area (Å²) in [7, 11) is 0. The van der Waals surface area contributed by atoms with E-state index in [1.807, 2.05) is 23.9 Å². The fourth-order valence-corrected chi connectivity index (χ4v) is 3.91. The first-order valence-electron chi connectivity index (χ1n) is 7.07. The zero-order valence-electron chi connectivity index (χ0n) is 11.5. The minimum absolute atomic E-state index is 0.441. The third kappa shape index (κ3) is 2.32. The molecule has 4 nitrogen and oxygen atoms in total. The Labute approximate surface area is 117 Å². The Morgan fingerprint density at radius 1 is 1.47 bits per heavy atom. The minimum atomic E-state index is 0.441. The van der Waals surface area contributed by atoms with Gasteiger partial charge in [0.2, 0.25) is 0 Å². The molecule has 0 saturated heterocycles. The van der Waals surface area contributed by atoms with Crippen LogP contribution < -0.4 is 5.32 Å². The molecule has 102 valence electrons. The van der Waals surface area contributed by atoms with Crippen molar-refractivity contribution < 1.29 is 0 Å². The molecule has 0 aliphatic heterocycles. The molecule has 2 aromatic rings. The third-order valence-corrected chi connectivity index (χ3v) is 4.83. The first-order chi connectivity index (χ1) is 9.33. The van der Waals surface area contributed by atoms with Gasteiger partial charge in [0.15, 0.2) is 0 Å². The van der Waals surface area contributed by atoms with E-state index in [1.165, 1.54) is 29.8 Å². The molecule has 1 aliphatic carbocycles. The first-order valence-corrected chi connectivity index (χ1v) is 7.88. The maximum absolute atomic E-state index is 4.90. The fourth-order valence-electron chi connectivity index (χ4n) is 2.72. The highest BCUT2D eigenvalue weighted by Gasteiger charge is 2.25. The van der Waals surface area contributed by atoms with Crippen molar-refractivity contribution in [3.63, 3.8) is 0 Å². The van der Waals surface area contributed by atoms with Crippen molar-refractivity contribution in [2.24, 2.45) is 0 Å². The van der Waals surface area contributed by atoms with Gasteiger partial charge in [-0.2, -0.15) is 0 Å². The van der Waals surface area contributed by atoms with E-state index in [4.69, 9.17) is 4.98 Å². The summed E-state index contributed by atoms with van der Waals surface area (Å²) in [6, 6.07) is 0.441. The smallest absolute Gasteiger partial charge is 0.142 e. The molecule has 19 heavy (non-hydrogen) atoms. The van der Waals surface area contributed by atoms with Crippen molar-refractivity contribution in [1.82, 2.24) is 19.9 Å². The van der Waals surface area contributed by atoms with Crippen molar-refractivity contribution in [1.29, 1.82) is 0 Å². The van der Waals surface area contributed by atoms with Crippen molar-refractivity contribution >= 4 is 11.3 Å². The maximum atomic E-state index is 4.90. The highest BCUT2D eigenvalue weighted by molar-refractivity contribution is 7.15. The molecule has 0 fully saturated rings. The van der Waals surface area contributed by atoms with Gasteiger partial charge in [0.25, 0.3) is 0 Å². The lowest BCUT2D eigenvalue weighted by Gasteiger charge is -2.21. The average Bonchev–Trinajstić information content (AvgIpc) is 3.05. The standard InChI is InChI=1S/C14H20N4S/c1-3-16-10-6-5-7-12-13(10)17-14(19-12)11-8-15-9-18(11)4-2/h8-10,16H,3-7H2,1-2H3. The highest BCUT2D eigenvalue weighted by Crippen LogP contribution is 2.36. The summed E-state index contributed by atoms with van der Waals surface area (Å²) in [5.41, 5.74) is 2.43. The molecule has 0 spiro atoms. The molecule has 1 unspecified atom stereocenters. The van der Waals surface area contributed by atoms with E-state index >= 15 is 0 Å². The van der Waals surface area contributed by atoms with Crippen LogP contribution in [0.3, 0.4) is 0 Å². The van der Waals surface area contributed by atoms with Gasteiger partial charge in [-0.15, -0.1) is 11.3 Å². The molecule has 1 aliphatic rings. The van der Waals surface area contributed by atoms with Crippen LogP contribution in [0.4, 0.5) is 0 Å². The van der Waals surface area contributed by atoms with Gasteiger partial charge in [-0.1, -0.05) is 6.92 Å². The van der Waals surface area contributed by atoms with Crippen LogP contribution in [0, 0.1) is 0 Å². The minimum Gasteiger partial charge on any atom is -0.329 e. The second kappa shape index (κ2) is 5.43. The summed E-state index contributed by atoms with van der Waals surface area (Å²) in [4.78, 5) is 10.6. The second-order valence-electron chi connectivity index (χ2n) is 4.89. The molecule has 3 rings (SSSR count). The van der Waals surface area contributed by atoms with Gasteiger partial charge >= 0.3 is 0 Å². The maximum Gasteiger partial charge on any atom is 0.142 e. The van der Waals surface area contributed by atoms with E-state index in [0.717, 1.165) is 23.8 Å². The van der Waals surface area contributed by atoms with Gasteiger partial charge < -0.3 is 9.88 Å². The topological polar surface area (TPSA) is 42.7 Å². The molecule has 2 aromatic heterocycles. The van der Waals surface area contributed by atoms with E-state index in [-0.39, 0.29) is 0 Å². The Morgan fingerprint density at radius 3 is 3.16 bits per heavy atom. The Kier molecular flexibility index (Phi) is 3.66. The lowest BCUT2D eigenvalue weighted by atomic mass is 9.98. The molecule has 0 radical (unpaired) electrons. The number of nitrogens with one attached hydrogen (secondary N) is 1. The Balaban J connectivity index is 1.97. The zero-order valence-corrected chi connectivity index (χ0v) is 12.3. The van der Waals surface area contributed by atoms with Crippen LogP contribution in [0.2, 0.25) is 0 Å². The van der Waals surface area contributed by atoms with Gasteiger partial charge in [-0.3, -0.25) is 0 Å². The van der Waals surface area contributed by atoms with Crippen LogP contribution in [0.15, 0.2) is 12.5 Å². The molecule has 0 aromatic carbocycles. The Morgan fingerprint density at radius 2 is 2.37 bits per heavy atom. The van der Waals surface area contributed by atoms with Crippen LogP contribution in [0.5, 0.6) is 0 Å². The zero-order chi connectivity index (χ0) is 13.2. The molecule has 1 atom stereocenters. The molecular weight excluding hydrogens is 256 g/mol. The van der Waals surface area contributed by atoms with Crippen LogP contribution in [-0.2, 0) is 13.0 Å². The summed E-state index contributed by atoms with van der Waals surface area (Å²) >= 11 is 1.84. The second-order valence-corrected chi connectivity index (χ2v) is 5.98. The van der Waals surface area contributed by atoms with Crippen LogP contribution >= 0.6 is 11.3 Å². The van der Waals surface area contributed by atoms with Crippen LogP contribution in [0.25, 0.3) is 10.7 Å². The van der Waals surface area contributed by atoms with E-state index in [2.05, 4.69) is 28.7 Å². The molecule has 1 N–H and O–H groups in total. The van der Waals surface area contributed by atoms with Crippen molar-refractivity contribution in [2.45, 2.75) is 45.7 Å². The van der Waals surface area contributed by atoms with E-state index < -0.39 is 0 Å². The number of rotatable bonds is 4. The number of fused-ring (bicyclic) bond motifs is 1.